The topological polar surface area (TPSA) is 81.6 Å². The number of amides is 1. The van der Waals surface area contributed by atoms with Crippen molar-refractivity contribution < 1.29 is 4.79 Å². The lowest BCUT2D eigenvalue weighted by Crippen LogP contribution is -2.52. The molecule has 3 rings (SSSR count). The molecule has 0 saturated heterocycles. The third kappa shape index (κ3) is 3.03. The van der Waals surface area contributed by atoms with Crippen molar-refractivity contribution >= 4 is 28.7 Å². The minimum absolute atomic E-state index is 0.0719. The maximum atomic E-state index is 11.9. The van der Waals surface area contributed by atoms with Gasteiger partial charge in [0.2, 0.25) is 5.91 Å². The number of H-pyrrole nitrogens is 1. The molecule has 1 aliphatic carbocycles. The number of rotatable bonds is 5. The molecule has 1 aromatic heterocycles. The van der Waals surface area contributed by atoms with Crippen LogP contribution in [-0.2, 0) is 10.5 Å². The van der Waals surface area contributed by atoms with E-state index in [-0.39, 0.29) is 5.91 Å². The van der Waals surface area contributed by atoms with Crippen molar-refractivity contribution in [3.63, 3.8) is 0 Å². The van der Waals surface area contributed by atoms with E-state index in [9.17, 15) is 4.79 Å². The molecule has 1 heterocycles. The molecule has 2 N–H and O–H groups in total. The van der Waals surface area contributed by atoms with Gasteiger partial charge in [-0.15, -0.1) is 11.8 Å². The zero-order valence-corrected chi connectivity index (χ0v) is 12.4. The molecule has 1 fully saturated rings. The quantitative estimate of drug-likeness (QED) is 0.888. The number of benzene rings is 1. The molecule has 21 heavy (non-hydrogen) atoms. The van der Waals surface area contributed by atoms with Crippen LogP contribution in [0.1, 0.15) is 25.1 Å². The fraction of sp³-hybridized carbons (Fsp3) is 0.400. The number of imidazole rings is 1. The molecular weight excluding hydrogens is 284 g/mol. The fourth-order valence-electron chi connectivity index (χ4n) is 2.41. The van der Waals surface area contributed by atoms with Gasteiger partial charge < -0.3 is 10.3 Å². The van der Waals surface area contributed by atoms with Gasteiger partial charge in [0.1, 0.15) is 11.4 Å². The summed E-state index contributed by atoms with van der Waals surface area (Å²) >= 11 is 1.50. The molecule has 108 valence electrons. The van der Waals surface area contributed by atoms with Crippen molar-refractivity contribution in [3.05, 3.63) is 30.1 Å². The first-order chi connectivity index (χ1) is 10.2. The first-order valence-corrected chi connectivity index (χ1v) is 8.10. The van der Waals surface area contributed by atoms with Crippen LogP contribution in [0.15, 0.2) is 24.3 Å². The molecule has 0 bridgehead atoms. The Balaban J connectivity index is 1.49. The second kappa shape index (κ2) is 5.78. The number of fused-ring (bicyclic) bond motifs is 1. The summed E-state index contributed by atoms with van der Waals surface area (Å²) in [4.78, 5) is 19.6. The van der Waals surface area contributed by atoms with Crippen LogP contribution in [0.3, 0.4) is 0 Å². The third-order valence-corrected chi connectivity index (χ3v) is 4.65. The number of hydrogen-bond donors (Lipinski definition) is 2. The van der Waals surface area contributed by atoms with Crippen molar-refractivity contribution in [2.75, 3.05) is 5.75 Å². The second-order valence-electron chi connectivity index (χ2n) is 5.29. The summed E-state index contributed by atoms with van der Waals surface area (Å²) in [5.41, 5.74) is 1.35. The molecule has 1 aliphatic rings. The number of carbonyl (C=O) groups is 1. The number of nitrogens with zero attached hydrogens (tertiary/aromatic N) is 2. The summed E-state index contributed by atoms with van der Waals surface area (Å²) in [6.45, 7) is 0. The molecule has 1 amide bonds. The van der Waals surface area contributed by atoms with Gasteiger partial charge in [-0.2, -0.15) is 5.26 Å². The highest BCUT2D eigenvalue weighted by atomic mass is 32.2. The lowest BCUT2D eigenvalue weighted by Gasteiger charge is -2.35. The van der Waals surface area contributed by atoms with E-state index in [4.69, 9.17) is 5.26 Å². The van der Waals surface area contributed by atoms with Gasteiger partial charge in [0.05, 0.1) is 28.6 Å². The molecule has 0 radical (unpaired) electrons. The number of nitriles is 1. The highest BCUT2D eigenvalue weighted by molar-refractivity contribution is 7.99. The van der Waals surface area contributed by atoms with E-state index < -0.39 is 5.54 Å². The Hall–Kier alpha value is -2.00. The number of para-hydroxylation sites is 2. The Morgan fingerprint density at radius 2 is 2.29 bits per heavy atom. The van der Waals surface area contributed by atoms with Crippen molar-refractivity contribution in [1.82, 2.24) is 15.3 Å². The van der Waals surface area contributed by atoms with E-state index >= 15 is 0 Å². The molecule has 1 aromatic carbocycles. The van der Waals surface area contributed by atoms with Gasteiger partial charge in [0, 0.05) is 0 Å². The summed E-state index contributed by atoms with van der Waals surface area (Å²) < 4.78 is 0. The molecule has 5 nitrogen and oxygen atoms in total. The zero-order chi connectivity index (χ0) is 14.7. The average molecular weight is 300 g/mol. The van der Waals surface area contributed by atoms with E-state index in [2.05, 4.69) is 21.4 Å². The monoisotopic (exact) mass is 300 g/mol. The largest absolute Gasteiger partial charge is 0.341 e. The minimum Gasteiger partial charge on any atom is -0.341 e. The lowest BCUT2D eigenvalue weighted by molar-refractivity contribution is -0.120. The summed E-state index contributed by atoms with van der Waals surface area (Å²) in [5, 5.41) is 11.9. The van der Waals surface area contributed by atoms with Crippen LogP contribution in [-0.4, -0.2) is 27.2 Å². The van der Waals surface area contributed by atoms with Gasteiger partial charge in [-0.1, -0.05) is 12.1 Å². The molecule has 0 spiro atoms. The van der Waals surface area contributed by atoms with Gasteiger partial charge in [-0.05, 0) is 31.4 Å². The number of nitrogens with one attached hydrogen (secondary N) is 2. The summed E-state index contributed by atoms with van der Waals surface area (Å²) in [5.74, 6) is 1.80. The fourth-order valence-corrected chi connectivity index (χ4v) is 3.10. The Morgan fingerprint density at radius 1 is 1.48 bits per heavy atom. The summed E-state index contributed by atoms with van der Waals surface area (Å²) in [6.07, 6.45) is 2.55. The number of aromatic nitrogens is 2. The maximum Gasteiger partial charge on any atom is 0.231 e. The second-order valence-corrected chi connectivity index (χ2v) is 6.27. The van der Waals surface area contributed by atoms with Crippen LogP contribution in [0.4, 0.5) is 0 Å². The standard InChI is InChI=1S/C15H16N4OS/c16-10-15(6-3-7-15)19-14(20)9-21-8-13-17-11-4-1-2-5-12(11)18-13/h1-2,4-5H,3,6-9H2,(H,17,18)(H,19,20). The smallest absolute Gasteiger partial charge is 0.231 e. The van der Waals surface area contributed by atoms with Crippen LogP contribution in [0.2, 0.25) is 0 Å². The molecule has 0 atom stereocenters. The number of hydrogen-bond acceptors (Lipinski definition) is 4. The van der Waals surface area contributed by atoms with Crippen LogP contribution in [0.25, 0.3) is 11.0 Å². The normalized spacial score (nSPS) is 16.1. The van der Waals surface area contributed by atoms with Crippen LogP contribution in [0, 0.1) is 11.3 Å². The van der Waals surface area contributed by atoms with Crippen LogP contribution >= 0.6 is 11.8 Å². The van der Waals surface area contributed by atoms with E-state index in [1.807, 2.05) is 24.3 Å². The Labute approximate surface area is 127 Å². The predicted molar refractivity (Wildman–Crippen MR) is 82.6 cm³/mol. The van der Waals surface area contributed by atoms with Gasteiger partial charge >= 0.3 is 0 Å². The van der Waals surface area contributed by atoms with E-state index in [0.29, 0.717) is 11.5 Å². The number of carbonyl (C=O) groups excluding carboxylic acids is 1. The van der Waals surface area contributed by atoms with Crippen molar-refractivity contribution in [2.24, 2.45) is 0 Å². The van der Waals surface area contributed by atoms with Gasteiger partial charge in [-0.3, -0.25) is 4.79 Å². The SMILES string of the molecule is N#CC1(NC(=O)CSCc2nc3ccccc3[nH]2)CCC1. The average Bonchev–Trinajstić information content (AvgIpc) is 2.85. The Bertz CT molecular complexity index is 666. The van der Waals surface area contributed by atoms with Gasteiger partial charge in [-0.25, -0.2) is 4.98 Å². The summed E-state index contributed by atoms with van der Waals surface area (Å²) in [6, 6.07) is 10.1. The van der Waals surface area contributed by atoms with E-state index in [0.717, 1.165) is 36.1 Å². The molecule has 0 aliphatic heterocycles. The van der Waals surface area contributed by atoms with Gasteiger partial charge in [0.25, 0.3) is 0 Å². The number of thioether (sulfide) groups is 1. The minimum atomic E-state index is -0.600. The first kappa shape index (κ1) is 14.0. The maximum absolute atomic E-state index is 11.9. The van der Waals surface area contributed by atoms with Crippen molar-refractivity contribution in [3.8, 4) is 6.07 Å². The first-order valence-electron chi connectivity index (χ1n) is 6.94. The highest BCUT2D eigenvalue weighted by Gasteiger charge is 2.38. The lowest BCUT2D eigenvalue weighted by atomic mass is 9.78. The highest BCUT2D eigenvalue weighted by Crippen LogP contribution is 2.31. The molecule has 0 unspecified atom stereocenters. The predicted octanol–water partition coefficient (Wildman–Crippen LogP) is 2.36. The van der Waals surface area contributed by atoms with Gasteiger partial charge in [0.15, 0.2) is 0 Å². The van der Waals surface area contributed by atoms with Crippen LogP contribution in [0.5, 0.6) is 0 Å². The van der Waals surface area contributed by atoms with E-state index in [1.54, 1.807) is 0 Å². The van der Waals surface area contributed by atoms with Crippen LogP contribution < -0.4 is 5.32 Å². The zero-order valence-electron chi connectivity index (χ0n) is 11.6. The Morgan fingerprint density at radius 3 is 2.95 bits per heavy atom. The molecule has 2 aromatic rings. The third-order valence-electron chi connectivity index (χ3n) is 3.71. The molecule has 6 heteroatoms. The number of aromatic amines is 1. The van der Waals surface area contributed by atoms with E-state index in [1.165, 1.54) is 11.8 Å². The Kier molecular flexibility index (Phi) is 3.84. The molecular formula is C15H16N4OS. The van der Waals surface area contributed by atoms with Crippen molar-refractivity contribution in [1.29, 1.82) is 5.26 Å². The van der Waals surface area contributed by atoms with Crippen molar-refractivity contribution in [2.45, 2.75) is 30.6 Å². The summed E-state index contributed by atoms with van der Waals surface area (Å²) in [7, 11) is 0. The molecule has 1 saturated carbocycles.